The summed E-state index contributed by atoms with van der Waals surface area (Å²) in [4.78, 5) is 0. The molecule has 4 heteroatoms. The van der Waals surface area contributed by atoms with Gasteiger partial charge in [-0.1, -0.05) is 0 Å². The Balaban J connectivity index is 2.97. The van der Waals surface area contributed by atoms with Gasteiger partial charge < -0.3 is 19.9 Å². The third-order valence-electron chi connectivity index (χ3n) is 1.39. The summed E-state index contributed by atoms with van der Waals surface area (Å²) in [6.07, 6.45) is 0. The standard InChI is InChI=1S/C8H19NO3/c1-8(7-11-2)9-3-5-12-6-4-10/h8-10H,3-7H2,1-2H3/t8-/m1/s1. The number of aliphatic hydroxyl groups excluding tert-OH is 1. The van der Waals surface area contributed by atoms with E-state index < -0.39 is 0 Å². The molecule has 0 amide bonds. The quantitative estimate of drug-likeness (QED) is 0.496. The van der Waals surface area contributed by atoms with Gasteiger partial charge in [-0.25, -0.2) is 0 Å². The Morgan fingerprint density at radius 1 is 1.42 bits per heavy atom. The van der Waals surface area contributed by atoms with E-state index >= 15 is 0 Å². The molecule has 0 aliphatic heterocycles. The summed E-state index contributed by atoms with van der Waals surface area (Å²) in [7, 11) is 1.68. The first kappa shape index (κ1) is 11.8. The van der Waals surface area contributed by atoms with Gasteiger partial charge in [0, 0.05) is 19.7 Å². The molecule has 0 saturated carbocycles. The second-order valence-electron chi connectivity index (χ2n) is 2.65. The fraction of sp³-hybridized carbons (Fsp3) is 1.00. The Morgan fingerprint density at radius 3 is 2.75 bits per heavy atom. The minimum absolute atomic E-state index is 0.0909. The summed E-state index contributed by atoms with van der Waals surface area (Å²) in [6.45, 7) is 4.70. The van der Waals surface area contributed by atoms with E-state index in [-0.39, 0.29) is 6.61 Å². The topological polar surface area (TPSA) is 50.7 Å². The molecule has 12 heavy (non-hydrogen) atoms. The van der Waals surface area contributed by atoms with Crippen LogP contribution in [0.1, 0.15) is 6.92 Å². The SMILES string of the molecule is COC[C@@H](C)NCCOCCO. The van der Waals surface area contributed by atoms with E-state index in [1.165, 1.54) is 0 Å². The molecule has 0 unspecified atom stereocenters. The predicted molar refractivity (Wildman–Crippen MR) is 47.2 cm³/mol. The van der Waals surface area contributed by atoms with E-state index in [9.17, 15) is 0 Å². The minimum Gasteiger partial charge on any atom is -0.394 e. The first-order valence-corrected chi connectivity index (χ1v) is 4.22. The molecule has 0 aromatic carbocycles. The van der Waals surface area contributed by atoms with Crippen molar-refractivity contribution >= 4 is 0 Å². The summed E-state index contributed by atoms with van der Waals surface area (Å²) in [5, 5.41) is 11.6. The van der Waals surface area contributed by atoms with Crippen LogP contribution in [0.25, 0.3) is 0 Å². The molecule has 0 aliphatic carbocycles. The average molecular weight is 177 g/mol. The molecule has 1 atom stereocenters. The van der Waals surface area contributed by atoms with E-state index in [4.69, 9.17) is 14.6 Å². The van der Waals surface area contributed by atoms with Gasteiger partial charge in [0.1, 0.15) is 0 Å². The van der Waals surface area contributed by atoms with Gasteiger partial charge in [0.2, 0.25) is 0 Å². The van der Waals surface area contributed by atoms with Crippen molar-refractivity contribution in [2.45, 2.75) is 13.0 Å². The van der Waals surface area contributed by atoms with Crippen molar-refractivity contribution < 1.29 is 14.6 Å². The molecule has 0 rings (SSSR count). The van der Waals surface area contributed by atoms with Gasteiger partial charge in [0.15, 0.2) is 0 Å². The van der Waals surface area contributed by atoms with Crippen molar-refractivity contribution in [2.75, 3.05) is 40.1 Å². The average Bonchev–Trinajstić information content (AvgIpc) is 2.05. The molecule has 0 saturated heterocycles. The van der Waals surface area contributed by atoms with Crippen molar-refractivity contribution in [3.8, 4) is 0 Å². The molecule has 0 fully saturated rings. The van der Waals surface area contributed by atoms with Crippen LogP contribution >= 0.6 is 0 Å². The van der Waals surface area contributed by atoms with Crippen molar-refractivity contribution in [3.05, 3.63) is 0 Å². The highest BCUT2D eigenvalue weighted by atomic mass is 16.5. The Bertz CT molecular complexity index is 90.4. The van der Waals surface area contributed by atoms with Gasteiger partial charge in [-0.15, -0.1) is 0 Å². The molecule has 0 aromatic heterocycles. The molecule has 0 spiro atoms. The zero-order chi connectivity index (χ0) is 9.23. The van der Waals surface area contributed by atoms with Gasteiger partial charge in [-0.2, -0.15) is 0 Å². The molecule has 2 N–H and O–H groups in total. The lowest BCUT2D eigenvalue weighted by Crippen LogP contribution is -2.33. The minimum atomic E-state index is 0.0909. The Hall–Kier alpha value is -0.160. The number of nitrogens with one attached hydrogen (secondary N) is 1. The maximum atomic E-state index is 8.39. The van der Waals surface area contributed by atoms with E-state index in [1.54, 1.807) is 7.11 Å². The molecule has 0 aliphatic rings. The second-order valence-corrected chi connectivity index (χ2v) is 2.65. The summed E-state index contributed by atoms with van der Waals surface area (Å²) >= 11 is 0. The zero-order valence-electron chi connectivity index (χ0n) is 7.88. The third-order valence-corrected chi connectivity index (χ3v) is 1.39. The number of methoxy groups -OCH3 is 1. The number of rotatable bonds is 8. The van der Waals surface area contributed by atoms with Crippen molar-refractivity contribution in [2.24, 2.45) is 0 Å². The van der Waals surface area contributed by atoms with Crippen LogP contribution in [0.15, 0.2) is 0 Å². The van der Waals surface area contributed by atoms with Crippen molar-refractivity contribution in [1.82, 2.24) is 5.32 Å². The zero-order valence-corrected chi connectivity index (χ0v) is 7.88. The van der Waals surface area contributed by atoms with Gasteiger partial charge in [-0.05, 0) is 6.92 Å². The number of aliphatic hydroxyl groups is 1. The Labute approximate surface area is 73.9 Å². The van der Waals surface area contributed by atoms with Crippen LogP contribution in [0.4, 0.5) is 0 Å². The van der Waals surface area contributed by atoms with Crippen molar-refractivity contribution in [3.63, 3.8) is 0 Å². The van der Waals surface area contributed by atoms with E-state index in [2.05, 4.69) is 12.2 Å². The molecule has 4 nitrogen and oxygen atoms in total. The van der Waals surface area contributed by atoms with Crippen LogP contribution in [0, 0.1) is 0 Å². The highest BCUT2D eigenvalue weighted by Crippen LogP contribution is 1.81. The van der Waals surface area contributed by atoms with Crippen LogP contribution < -0.4 is 5.32 Å². The van der Waals surface area contributed by atoms with Crippen LogP contribution in [-0.2, 0) is 9.47 Å². The number of hydrogen-bond acceptors (Lipinski definition) is 4. The fourth-order valence-electron chi connectivity index (χ4n) is 0.853. The maximum absolute atomic E-state index is 8.39. The first-order valence-electron chi connectivity index (χ1n) is 4.22. The monoisotopic (exact) mass is 177 g/mol. The highest BCUT2D eigenvalue weighted by Gasteiger charge is 1.97. The maximum Gasteiger partial charge on any atom is 0.0698 e. The van der Waals surface area contributed by atoms with Gasteiger partial charge in [-0.3, -0.25) is 0 Å². The van der Waals surface area contributed by atoms with Crippen LogP contribution in [-0.4, -0.2) is 51.2 Å². The molecular formula is C8H19NO3. The van der Waals surface area contributed by atoms with E-state index in [0.29, 0.717) is 25.9 Å². The summed E-state index contributed by atoms with van der Waals surface area (Å²) in [5.74, 6) is 0. The summed E-state index contributed by atoms with van der Waals surface area (Å²) in [6, 6.07) is 0.354. The highest BCUT2D eigenvalue weighted by molar-refractivity contribution is 4.57. The van der Waals surface area contributed by atoms with Crippen LogP contribution in [0.2, 0.25) is 0 Å². The predicted octanol–water partition coefficient (Wildman–Crippen LogP) is -0.380. The normalized spacial score (nSPS) is 13.2. The first-order chi connectivity index (χ1) is 5.81. The number of ether oxygens (including phenoxy) is 2. The molecule has 0 aromatic rings. The van der Waals surface area contributed by atoms with Crippen LogP contribution in [0.3, 0.4) is 0 Å². The molecular weight excluding hydrogens is 158 g/mol. The fourth-order valence-corrected chi connectivity index (χ4v) is 0.853. The number of hydrogen-bond donors (Lipinski definition) is 2. The molecule has 0 heterocycles. The largest absolute Gasteiger partial charge is 0.394 e. The van der Waals surface area contributed by atoms with Gasteiger partial charge in [0.05, 0.1) is 26.4 Å². The molecule has 0 radical (unpaired) electrons. The lowest BCUT2D eigenvalue weighted by Gasteiger charge is -2.12. The van der Waals surface area contributed by atoms with E-state index in [0.717, 1.165) is 6.54 Å². The summed E-state index contributed by atoms with van der Waals surface area (Å²) in [5.41, 5.74) is 0. The lowest BCUT2D eigenvalue weighted by molar-refractivity contribution is 0.0899. The molecule has 0 bridgehead atoms. The smallest absolute Gasteiger partial charge is 0.0698 e. The second kappa shape index (κ2) is 8.93. The van der Waals surface area contributed by atoms with Gasteiger partial charge >= 0.3 is 0 Å². The van der Waals surface area contributed by atoms with Crippen LogP contribution in [0.5, 0.6) is 0 Å². The van der Waals surface area contributed by atoms with E-state index in [1.807, 2.05) is 0 Å². The van der Waals surface area contributed by atoms with Gasteiger partial charge in [0.25, 0.3) is 0 Å². The van der Waals surface area contributed by atoms with Crippen molar-refractivity contribution in [1.29, 1.82) is 0 Å². The summed E-state index contributed by atoms with van der Waals surface area (Å²) < 4.78 is 10.00. The Kier molecular flexibility index (Phi) is 8.81. The lowest BCUT2D eigenvalue weighted by atomic mass is 10.3. The molecule has 74 valence electrons. The Morgan fingerprint density at radius 2 is 2.17 bits per heavy atom. The third kappa shape index (κ3) is 7.94.